The molecule has 1 saturated carbocycles. The maximum Gasteiger partial charge on any atom is 0.305 e. The van der Waals surface area contributed by atoms with Crippen LogP contribution < -0.4 is 4.74 Å². The molecule has 0 saturated heterocycles. The Bertz CT molecular complexity index is 492. The highest BCUT2D eigenvalue weighted by molar-refractivity contribution is 5.96. The van der Waals surface area contributed by atoms with E-state index in [4.69, 9.17) is 9.47 Å². The lowest BCUT2D eigenvalue weighted by Gasteiger charge is -2.17. The summed E-state index contributed by atoms with van der Waals surface area (Å²) in [6, 6.07) is 7.19. The fourth-order valence-electron chi connectivity index (χ4n) is 3.08. The average Bonchev–Trinajstić information content (AvgIpc) is 2.94. The first-order valence-electron chi connectivity index (χ1n) is 7.38. The van der Waals surface area contributed by atoms with Gasteiger partial charge in [-0.15, -0.1) is 0 Å². The molecule has 2 atom stereocenters. The van der Waals surface area contributed by atoms with Gasteiger partial charge in [0.25, 0.3) is 0 Å². The number of carbonyl (C=O) groups excluding carboxylic acids is 2. The van der Waals surface area contributed by atoms with Crippen LogP contribution in [0.15, 0.2) is 24.3 Å². The van der Waals surface area contributed by atoms with Gasteiger partial charge >= 0.3 is 5.97 Å². The van der Waals surface area contributed by atoms with Crippen LogP contribution in [-0.4, -0.2) is 26.0 Å². The van der Waals surface area contributed by atoms with Gasteiger partial charge in [-0.05, 0) is 48.9 Å². The Morgan fingerprint density at radius 3 is 2.24 bits per heavy atom. The van der Waals surface area contributed by atoms with Gasteiger partial charge < -0.3 is 9.47 Å². The van der Waals surface area contributed by atoms with Gasteiger partial charge in [-0.2, -0.15) is 0 Å². The Morgan fingerprint density at radius 2 is 1.67 bits per heavy atom. The van der Waals surface area contributed by atoms with E-state index >= 15 is 0 Å². The number of benzene rings is 1. The third-order valence-electron chi connectivity index (χ3n) is 4.33. The summed E-state index contributed by atoms with van der Waals surface area (Å²) in [6.07, 6.45) is 4.05. The number of ether oxygens (including phenoxy) is 2. The Balaban J connectivity index is 1.95. The van der Waals surface area contributed by atoms with Crippen LogP contribution >= 0.6 is 0 Å². The summed E-state index contributed by atoms with van der Waals surface area (Å²) < 4.78 is 9.83. The van der Waals surface area contributed by atoms with Gasteiger partial charge in [-0.1, -0.05) is 6.42 Å². The zero-order chi connectivity index (χ0) is 15.2. The van der Waals surface area contributed by atoms with Crippen LogP contribution in [0.5, 0.6) is 5.75 Å². The van der Waals surface area contributed by atoms with Gasteiger partial charge in [0.05, 0.1) is 14.2 Å². The molecule has 1 aliphatic rings. The summed E-state index contributed by atoms with van der Waals surface area (Å²) in [5.74, 6) is 1.28. The fraction of sp³-hybridized carbons (Fsp3) is 0.529. The minimum atomic E-state index is -0.177. The lowest BCUT2D eigenvalue weighted by Crippen LogP contribution is -2.17. The predicted octanol–water partition coefficient (Wildman–Crippen LogP) is 3.25. The third kappa shape index (κ3) is 4.06. The third-order valence-corrected chi connectivity index (χ3v) is 4.33. The van der Waals surface area contributed by atoms with Crippen LogP contribution in [0, 0.1) is 11.8 Å². The molecular weight excluding hydrogens is 268 g/mol. The van der Waals surface area contributed by atoms with Crippen LogP contribution in [0.25, 0.3) is 0 Å². The second-order valence-corrected chi connectivity index (χ2v) is 5.59. The fourth-order valence-corrected chi connectivity index (χ4v) is 3.08. The van der Waals surface area contributed by atoms with E-state index in [-0.39, 0.29) is 17.7 Å². The molecule has 4 nitrogen and oxygen atoms in total. The molecule has 0 aliphatic heterocycles. The molecule has 0 spiro atoms. The van der Waals surface area contributed by atoms with E-state index in [1.54, 1.807) is 31.4 Å². The van der Waals surface area contributed by atoms with E-state index in [2.05, 4.69) is 0 Å². The minimum Gasteiger partial charge on any atom is -0.497 e. The lowest BCUT2D eigenvalue weighted by atomic mass is 9.87. The van der Waals surface area contributed by atoms with Crippen molar-refractivity contribution in [2.75, 3.05) is 14.2 Å². The zero-order valence-corrected chi connectivity index (χ0v) is 12.6. The van der Waals surface area contributed by atoms with E-state index in [9.17, 15) is 9.59 Å². The molecule has 0 N–H and O–H groups in total. The molecule has 0 bridgehead atoms. The number of rotatable bonds is 6. The summed E-state index contributed by atoms with van der Waals surface area (Å²) in [5, 5.41) is 0. The smallest absolute Gasteiger partial charge is 0.305 e. The highest BCUT2D eigenvalue weighted by Gasteiger charge is 2.31. The number of methoxy groups -OCH3 is 2. The minimum absolute atomic E-state index is 0.138. The van der Waals surface area contributed by atoms with Crippen LogP contribution in [0.4, 0.5) is 0 Å². The zero-order valence-electron chi connectivity index (χ0n) is 12.6. The van der Waals surface area contributed by atoms with E-state index in [1.165, 1.54) is 7.11 Å². The van der Waals surface area contributed by atoms with E-state index < -0.39 is 0 Å². The molecule has 4 heteroatoms. The second kappa shape index (κ2) is 7.25. The summed E-state index contributed by atoms with van der Waals surface area (Å²) >= 11 is 0. The van der Waals surface area contributed by atoms with Crippen molar-refractivity contribution < 1.29 is 19.1 Å². The molecule has 1 aromatic carbocycles. The summed E-state index contributed by atoms with van der Waals surface area (Å²) in [4.78, 5) is 23.8. The quantitative estimate of drug-likeness (QED) is 0.596. The molecule has 0 heterocycles. The summed E-state index contributed by atoms with van der Waals surface area (Å²) in [7, 11) is 3.02. The van der Waals surface area contributed by atoms with Crippen LogP contribution in [0.1, 0.15) is 42.5 Å². The molecule has 1 aromatic rings. The molecule has 1 fully saturated rings. The lowest BCUT2D eigenvalue weighted by molar-refractivity contribution is -0.142. The topological polar surface area (TPSA) is 52.6 Å². The van der Waals surface area contributed by atoms with Gasteiger partial charge in [0.15, 0.2) is 5.78 Å². The van der Waals surface area contributed by atoms with Crippen molar-refractivity contribution in [2.24, 2.45) is 11.8 Å². The first-order valence-corrected chi connectivity index (χ1v) is 7.38. The number of hydrogen-bond donors (Lipinski definition) is 0. The molecular formula is C17H22O4. The van der Waals surface area contributed by atoms with Crippen molar-refractivity contribution in [2.45, 2.75) is 32.1 Å². The number of carbonyl (C=O) groups is 2. The van der Waals surface area contributed by atoms with Crippen LogP contribution in [0.2, 0.25) is 0 Å². The number of hydrogen-bond acceptors (Lipinski definition) is 4. The number of ketones is 1. The molecule has 1 aliphatic carbocycles. The Hall–Kier alpha value is -1.84. The highest BCUT2D eigenvalue weighted by Crippen LogP contribution is 2.37. The molecule has 114 valence electrons. The Labute approximate surface area is 125 Å². The standard InChI is InChI=1S/C17H22O4/c1-20-15-8-6-12(7-9-15)16(18)10-13-4-3-5-14(13)11-17(19)21-2/h6-9,13-14H,3-5,10-11H2,1-2H3/t13-,14-/m0/s1. The van der Waals surface area contributed by atoms with Crippen molar-refractivity contribution in [3.63, 3.8) is 0 Å². The number of esters is 1. The van der Waals surface area contributed by atoms with Gasteiger partial charge in [-0.3, -0.25) is 9.59 Å². The average molecular weight is 290 g/mol. The van der Waals surface area contributed by atoms with Gasteiger partial charge in [0.2, 0.25) is 0 Å². The highest BCUT2D eigenvalue weighted by atomic mass is 16.5. The van der Waals surface area contributed by atoms with Crippen molar-refractivity contribution in [1.29, 1.82) is 0 Å². The molecule has 21 heavy (non-hydrogen) atoms. The van der Waals surface area contributed by atoms with E-state index in [1.807, 2.05) is 0 Å². The summed E-state index contributed by atoms with van der Waals surface area (Å²) in [5.41, 5.74) is 0.708. The van der Waals surface area contributed by atoms with Gasteiger partial charge in [-0.25, -0.2) is 0 Å². The van der Waals surface area contributed by atoms with Crippen molar-refractivity contribution in [1.82, 2.24) is 0 Å². The summed E-state index contributed by atoms with van der Waals surface area (Å²) in [6.45, 7) is 0. The van der Waals surface area contributed by atoms with Crippen LogP contribution in [-0.2, 0) is 9.53 Å². The first-order chi connectivity index (χ1) is 10.1. The maximum atomic E-state index is 12.3. The monoisotopic (exact) mass is 290 g/mol. The van der Waals surface area contributed by atoms with E-state index in [0.717, 1.165) is 25.0 Å². The van der Waals surface area contributed by atoms with Crippen molar-refractivity contribution >= 4 is 11.8 Å². The molecule has 0 aromatic heterocycles. The van der Waals surface area contributed by atoms with Crippen molar-refractivity contribution in [3.05, 3.63) is 29.8 Å². The molecule has 0 unspecified atom stereocenters. The Morgan fingerprint density at radius 1 is 1.05 bits per heavy atom. The van der Waals surface area contributed by atoms with Gasteiger partial charge in [0, 0.05) is 18.4 Å². The molecule has 0 amide bonds. The molecule has 0 radical (unpaired) electrons. The first kappa shape index (κ1) is 15.5. The largest absolute Gasteiger partial charge is 0.497 e. The number of Topliss-reactive ketones (excluding diaryl/α,β-unsaturated/α-hetero) is 1. The van der Waals surface area contributed by atoms with Crippen LogP contribution in [0.3, 0.4) is 0 Å². The van der Waals surface area contributed by atoms with E-state index in [0.29, 0.717) is 24.3 Å². The maximum absolute atomic E-state index is 12.3. The molecule has 2 rings (SSSR count). The van der Waals surface area contributed by atoms with Gasteiger partial charge in [0.1, 0.15) is 5.75 Å². The van der Waals surface area contributed by atoms with Crippen molar-refractivity contribution in [3.8, 4) is 5.75 Å². The Kier molecular flexibility index (Phi) is 5.37. The predicted molar refractivity (Wildman–Crippen MR) is 79.4 cm³/mol. The normalized spacial score (nSPS) is 21.0. The SMILES string of the molecule is COC(=O)C[C@@H]1CCC[C@H]1CC(=O)c1ccc(OC)cc1. The second-order valence-electron chi connectivity index (χ2n) is 5.59.